The average Bonchev–Trinajstić information content (AvgIpc) is 2.38. The number of nitrogens with zero attached hydrogens (tertiary/aromatic N) is 2. The first-order valence-corrected chi connectivity index (χ1v) is 6.66. The molecule has 2 aromatic rings. The number of rotatable bonds is 1. The van der Waals surface area contributed by atoms with Gasteiger partial charge in [-0.25, -0.2) is 8.19 Å². The van der Waals surface area contributed by atoms with Gasteiger partial charge in [0.1, 0.15) is 18.4 Å². The van der Waals surface area contributed by atoms with E-state index in [-0.39, 0.29) is 0 Å². The number of hydrogen-bond acceptors (Lipinski definition) is 4. The largest absolute Gasteiger partial charge is 0.486 e. The lowest BCUT2D eigenvalue weighted by Crippen LogP contribution is -2.15. The SMILES string of the molecule is Clc1nc2cc3c(cc2cc1C=NI)OCCO3. The molecule has 3 rings (SSSR count). The van der Waals surface area contributed by atoms with Gasteiger partial charge in [-0.05, 0) is 12.1 Å². The van der Waals surface area contributed by atoms with Crippen LogP contribution in [-0.2, 0) is 0 Å². The van der Waals surface area contributed by atoms with E-state index in [1.165, 1.54) is 0 Å². The highest BCUT2D eigenvalue weighted by Gasteiger charge is 2.14. The van der Waals surface area contributed by atoms with Crippen LogP contribution in [0.5, 0.6) is 11.5 Å². The molecule has 92 valence electrons. The number of fused-ring (bicyclic) bond motifs is 2. The Hall–Kier alpha value is -1.08. The third kappa shape index (κ3) is 2.12. The molecule has 2 heterocycles. The molecule has 1 aliphatic heterocycles. The molecular weight excluding hydrogens is 367 g/mol. The Balaban J connectivity index is 2.21. The number of halogens is 2. The summed E-state index contributed by atoms with van der Waals surface area (Å²) in [7, 11) is 0. The van der Waals surface area contributed by atoms with Crippen molar-refractivity contribution >= 4 is 51.6 Å². The minimum Gasteiger partial charge on any atom is -0.486 e. The zero-order valence-electron chi connectivity index (χ0n) is 9.19. The summed E-state index contributed by atoms with van der Waals surface area (Å²) < 4.78 is 15.0. The molecule has 4 nitrogen and oxygen atoms in total. The lowest BCUT2D eigenvalue weighted by Gasteiger charge is -2.18. The third-order valence-electron chi connectivity index (χ3n) is 2.65. The van der Waals surface area contributed by atoms with Crippen LogP contribution in [0.4, 0.5) is 0 Å². The van der Waals surface area contributed by atoms with E-state index < -0.39 is 0 Å². The summed E-state index contributed by atoms with van der Waals surface area (Å²) in [6.45, 7) is 1.13. The van der Waals surface area contributed by atoms with Crippen LogP contribution in [0.3, 0.4) is 0 Å². The monoisotopic (exact) mass is 374 g/mol. The van der Waals surface area contributed by atoms with Crippen molar-refractivity contribution in [1.82, 2.24) is 4.98 Å². The minimum absolute atomic E-state index is 0.430. The Morgan fingerprint density at radius 2 is 1.94 bits per heavy atom. The molecule has 6 heteroatoms. The van der Waals surface area contributed by atoms with Crippen LogP contribution in [0.2, 0.25) is 5.15 Å². The maximum absolute atomic E-state index is 6.09. The molecule has 0 aliphatic carbocycles. The average molecular weight is 375 g/mol. The van der Waals surface area contributed by atoms with Crippen molar-refractivity contribution in [1.29, 1.82) is 0 Å². The Labute approximate surface area is 122 Å². The molecule has 1 aromatic heterocycles. The Kier molecular flexibility index (Phi) is 3.25. The predicted molar refractivity (Wildman–Crippen MR) is 79.4 cm³/mol. The van der Waals surface area contributed by atoms with E-state index in [4.69, 9.17) is 21.1 Å². The second-order valence-corrected chi connectivity index (χ2v) is 4.70. The number of hydrogen-bond donors (Lipinski definition) is 0. The van der Waals surface area contributed by atoms with Crippen LogP contribution in [0.25, 0.3) is 10.9 Å². The molecular formula is C12H8ClIN2O2. The molecule has 0 amide bonds. The van der Waals surface area contributed by atoms with E-state index in [0.717, 1.165) is 22.2 Å². The Morgan fingerprint density at radius 3 is 2.67 bits per heavy atom. The molecule has 0 saturated heterocycles. The van der Waals surface area contributed by atoms with Gasteiger partial charge in [0.15, 0.2) is 11.5 Å². The Morgan fingerprint density at radius 1 is 1.22 bits per heavy atom. The number of pyridine rings is 1. The topological polar surface area (TPSA) is 43.7 Å². The molecule has 0 radical (unpaired) electrons. The van der Waals surface area contributed by atoms with Gasteiger partial charge < -0.3 is 9.47 Å². The van der Waals surface area contributed by atoms with Crippen molar-refractivity contribution in [3.05, 3.63) is 28.9 Å². The van der Waals surface area contributed by atoms with Crippen LogP contribution < -0.4 is 9.47 Å². The van der Waals surface area contributed by atoms with Gasteiger partial charge in [-0.15, -0.1) is 0 Å². The Bertz CT molecular complexity index is 646. The highest BCUT2D eigenvalue weighted by Crippen LogP contribution is 2.34. The fourth-order valence-electron chi connectivity index (χ4n) is 1.85. The molecule has 1 aliphatic rings. The standard InChI is InChI=1S/C12H8ClIN2O2/c13-12-8(6-15-14)3-7-4-10-11(5-9(7)16-12)18-2-1-17-10/h3-6H,1-2H2. The van der Waals surface area contributed by atoms with Crippen LogP contribution >= 0.6 is 34.5 Å². The summed E-state index contributed by atoms with van der Waals surface area (Å²) in [5.74, 6) is 1.46. The van der Waals surface area contributed by atoms with E-state index in [9.17, 15) is 0 Å². The van der Waals surface area contributed by atoms with E-state index in [2.05, 4.69) is 8.19 Å². The lowest BCUT2D eigenvalue weighted by atomic mass is 10.1. The summed E-state index contributed by atoms with van der Waals surface area (Å²) in [5, 5.41) is 1.38. The molecule has 0 unspecified atom stereocenters. The van der Waals surface area contributed by atoms with Crippen LogP contribution in [0.1, 0.15) is 5.56 Å². The first-order chi connectivity index (χ1) is 8.78. The summed E-state index contributed by atoms with van der Waals surface area (Å²) in [6, 6.07) is 5.70. The summed E-state index contributed by atoms with van der Waals surface area (Å²) in [4.78, 5) is 4.34. The maximum atomic E-state index is 6.09. The zero-order chi connectivity index (χ0) is 12.5. The lowest BCUT2D eigenvalue weighted by molar-refractivity contribution is 0.172. The fourth-order valence-corrected chi connectivity index (χ4v) is 2.34. The van der Waals surface area contributed by atoms with E-state index in [0.29, 0.717) is 24.1 Å². The first kappa shape index (κ1) is 12.0. The van der Waals surface area contributed by atoms with E-state index >= 15 is 0 Å². The maximum Gasteiger partial charge on any atom is 0.163 e. The second kappa shape index (κ2) is 4.89. The molecule has 0 spiro atoms. The number of benzene rings is 1. The molecule has 0 N–H and O–H groups in total. The second-order valence-electron chi connectivity index (χ2n) is 3.78. The smallest absolute Gasteiger partial charge is 0.163 e. The van der Waals surface area contributed by atoms with Crippen LogP contribution in [0.15, 0.2) is 21.4 Å². The first-order valence-electron chi connectivity index (χ1n) is 5.32. The zero-order valence-corrected chi connectivity index (χ0v) is 12.1. The molecule has 0 saturated carbocycles. The van der Waals surface area contributed by atoms with Crippen molar-refractivity contribution < 1.29 is 9.47 Å². The summed E-state index contributed by atoms with van der Waals surface area (Å²) in [6.07, 6.45) is 1.67. The number of ether oxygens (including phenoxy) is 2. The van der Waals surface area contributed by atoms with Gasteiger partial charge in [-0.1, -0.05) is 11.6 Å². The normalized spacial score (nSPS) is 14.3. The highest BCUT2D eigenvalue weighted by atomic mass is 127. The van der Waals surface area contributed by atoms with Crippen molar-refractivity contribution in [2.45, 2.75) is 0 Å². The molecule has 0 bridgehead atoms. The van der Waals surface area contributed by atoms with Crippen LogP contribution in [0, 0.1) is 0 Å². The highest BCUT2D eigenvalue weighted by molar-refractivity contribution is 14.1. The van der Waals surface area contributed by atoms with E-state index in [1.54, 1.807) is 6.21 Å². The summed E-state index contributed by atoms with van der Waals surface area (Å²) in [5.41, 5.74) is 1.57. The molecule has 1 aromatic carbocycles. The van der Waals surface area contributed by atoms with Gasteiger partial charge in [-0.3, -0.25) is 0 Å². The minimum atomic E-state index is 0.430. The van der Waals surface area contributed by atoms with E-state index in [1.807, 2.05) is 41.1 Å². The molecule has 0 atom stereocenters. The van der Waals surface area contributed by atoms with Crippen molar-refractivity contribution in [2.24, 2.45) is 3.21 Å². The van der Waals surface area contributed by atoms with Gasteiger partial charge in [0.2, 0.25) is 0 Å². The van der Waals surface area contributed by atoms with Gasteiger partial charge in [0.25, 0.3) is 0 Å². The quantitative estimate of drug-likeness (QED) is 0.436. The fraction of sp³-hybridized carbons (Fsp3) is 0.167. The van der Waals surface area contributed by atoms with Crippen LogP contribution in [-0.4, -0.2) is 24.4 Å². The number of aromatic nitrogens is 1. The molecule has 0 fully saturated rings. The predicted octanol–water partition coefficient (Wildman–Crippen LogP) is 3.43. The third-order valence-corrected chi connectivity index (χ3v) is 3.23. The van der Waals surface area contributed by atoms with Crippen molar-refractivity contribution in [2.75, 3.05) is 13.2 Å². The van der Waals surface area contributed by atoms with Gasteiger partial charge >= 0.3 is 0 Å². The molecule has 18 heavy (non-hydrogen) atoms. The van der Waals surface area contributed by atoms with Gasteiger partial charge in [0, 0.05) is 23.2 Å². The van der Waals surface area contributed by atoms with Gasteiger partial charge in [0.05, 0.1) is 28.4 Å². The van der Waals surface area contributed by atoms with Gasteiger partial charge in [-0.2, -0.15) is 0 Å². The van der Waals surface area contributed by atoms with Crippen molar-refractivity contribution in [3.63, 3.8) is 0 Å². The summed E-state index contributed by atoms with van der Waals surface area (Å²) >= 11 is 7.99. The van der Waals surface area contributed by atoms with Crippen molar-refractivity contribution in [3.8, 4) is 11.5 Å².